The van der Waals surface area contributed by atoms with Gasteiger partial charge in [0.2, 0.25) is 5.76 Å². The molecule has 4 aromatic rings. The monoisotopic (exact) mass is 485 g/mol. The number of fused-ring (bicyclic) bond motifs is 1. The van der Waals surface area contributed by atoms with Gasteiger partial charge in [0, 0.05) is 27.7 Å². The SMILES string of the molecule is O=C(COc1ccc(Cl)cc1Cl)N/N=C/c1cn(Cc2ccc(C(=O)O)o2)c2ccccc12. The summed E-state index contributed by atoms with van der Waals surface area (Å²) in [4.78, 5) is 23.1. The van der Waals surface area contributed by atoms with E-state index in [9.17, 15) is 9.59 Å². The molecule has 2 aromatic heterocycles. The Balaban J connectivity index is 1.43. The highest BCUT2D eigenvalue weighted by Gasteiger charge is 2.12. The molecule has 8 nitrogen and oxygen atoms in total. The van der Waals surface area contributed by atoms with Gasteiger partial charge in [-0.25, -0.2) is 10.2 Å². The number of nitrogens with zero attached hydrogens (tertiary/aromatic N) is 2. The number of aromatic nitrogens is 1. The molecule has 2 heterocycles. The second-order valence-electron chi connectivity index (χ2n) is 6.96. The zero-order chi connectivity index (χ0) is 23.4. The molecular weight excluding hydrogens is 469 g/mol. The average Bonchev–Trinajstić information content (AvgIpc) is 3.39. The van der Waals surface area contributed by atoms with Crippen LogP contribution < -0.4 is 10.2 Å². The molecule has 0 spiro atoms. The molecule has 0 saturated heterocycles. The number of hydrogen-bond donors (Lipinski definition) is 2. The number of carboxylic acid groups (broad SMARTS) is 1. The summed E-state index contributed by atoms with van der Waals surface area (Å²) in [6, 6.07) is 15.4. The Kier molecular flexibility index (Phi) is 6.67. The van der Waals surface area contributed by atoms with Crippen LogP contribution in [0.15, 0.2) is 70.3 Å². The molecule has 0 bridgehead atoms. The molecule has 4 rings (SSSR count). The van der Waals surface area contributed by atoms with Crippen molar-refractivity contribution in [3.05, 3.63) is 87.9 Å². The van der Waals surface area contributed by atoms with E-state index in [1.807, 2.05) is 35.0 Å². The highest BCUT2D eigenvalue weighted by atomic mass is 35.5. The van der Waals surface area contributed by atoms with E-state index in [4.69, 9.17) is 37.5 Å². The number of furan rings is 1. The van der Waals surface area contributed by atoms with Crippen molar-refractivity contribution >= 4 is 52.2 Å². The number of benzene rings is 2. The van der Waals surface area contributed by atoms with Crippen molar-refractivity contribution in [3.63, 3.8) is 0 Å². The number of para-hydroxylation sites is 1. The molecule has 0 fully saturated rings. The van der Waals surface area contributed by atoms with E-state index in [0.29, 0.717) is 28.1 Å². The summed E-state index contributed by atoms with van der Waals surface area (Å²) in [5.74, 6) is -0.856. The van der Waals surface area contributed by atoms with Crippen LogP contribution in [0.25, 0.3) is 10.9 Å². The second kappa shape index (κ2) is 9.81. The first kappa shape index (κ1) is 22.4. The highest BCUT2D eigenvalue weighted by molar-refractivity contribution is 6.35. The first-order valence-corrected chi connectivity index (χ1v) is 10.5. The molecule has 168 valence electrons. The van der Waals surface area contributed by atoms with Crippen LogP contribution >= 0.6 is 23.2 Å². The number of hydrazone groups is 1. The molecule has 0 aliphatic carbocycles. The van der Waals surface area contributed by atoms with Crippen molar-refractivity contribution in [1.82, 2.24) is 9.99 Å². The first-order valence-electron chi connectivity index (χ1n) is 9.70. The standard InChI is InChI=1S/C23H17Cl2N3O5/c24-15-5-7-20(18(25)9-15)32-13-22(29)27-26-10-14-11-28(19-4-2-1-3-17(14)19)12-16-6-8-21(33-16)23(30)31/h1-11H,12-13H2,(H,27,29)(H,30,31)/b26-10+. The van der Waals surface area contributed by atoms with Crippen molar-refractivity contribution in [2.75, 3.05) is 6.61 Å². The minimum Gasteiger partial charge on any atom is -0.482 e. The number of carbonyl (C=O) groups is 2. The van der Waals surface area contributed by atoms with Crippen molar-refractivity contribution in [2.24, 2.45) is 5.10 Å². The highest BCUT2D eigenvalue weighted by Crippen LogP contribution is 2.27. The summed E-state index contributed by atoms with van der Waals surface area (Å²) in [6.45, 7) is 0.0640. The van der Waals surface area contributed by atoms with Gasteiger partial charge in [0.05, 0.1) is 17.8 Å². The molecule has 0 saturated carbocycles. The summed E-state index contributed by atoms with van der Waals surface area (Å²) in [5, 5.41) is 14.7. The summed E-state index contributed by atoms with van der Waals surface area (Å²) in [5.41, 5.74) is 4.08. The lowest BCUT2D eigenvalue weighted by atomic mass is 10.2. The summed E-state index contributed by atoms with van der Waals surface area (Å²) in [6.07, 6.45) is 3.37. The fourth-order valence-corrected chi connectivity index (χ4v) is 3.66. The molecule has 33 heavy (non-hydrogen) atoms. The summed E-state index contributed by atoms with van der Waals surface area (Å²) < 4.78 is 12.7. The average molecular weight is 486 g/mol. The number of ether oxygens (including phenoxy) is 1. The van der Waals surface area contributed by atoms with E-state index in [-0.39, 0.29) is 12.4 Å². The predicted molar refractivity (Wildman–Crippen MR) is 124 cm³/mol. The van der Waals surface area contributed by atoms with Crippen molar-refractivity contribution < 1.29 is 23.8 Å². The van der Waals surface area contributed by atoms with Crippen LogP contribution in [0.1, 0.15) is 21.9 Å². The number of halogens is 2. The number of carboxylic acids is 1. The van der Waals surface area contributed by atoms with E-state index >= 15 is 0 Å². The fourth-order valence-electron chi connectivity index (χ4n) is 3.20. The van der Waals surface area contributed by atoms with Crippen LogP contribution in [0.4, 0.5) is 0 Å². The smallest absolute Gasteiger partial charge is 0.371 e. The number of carbonyl (C=O) groups excluding carboxylic acids is 1. The van der Waals surface area contributed by atoms with Gasteiger partial charge in [0.1, 0.15) is 11.5 Å². The summed E-state index contributed by atoms with van der Waals surface area (Å²) in [7, 11) is 0. The van der Waals surface area contributed by atoms with Gasteiger partial charge in [-0.2, -0.15) is 5.10 Å². The predicted octanol–water partition coefficient (Wildman–Crippen LogP) is 4.82. The molecule has 0 atom stereocenters. The van der Waals surface area contributed by atoms with Crippen molar-refractivity contribution in [3.8, 4) is 5.75 Å². The lowest BCUT2D eigenvalue weighted by Gasteiger charge is -2.06. The van der Waals surface area contributed by atoms with E-state index in [2.05, 4.69) is 10.5 Å². The van der Waals surface area contributed by atoms with Gasteiger partial charge in [0.25, 0.3) is 5.91 Å². The van der Waals surface area contributed by atoms with E-state index in [1.54, 1.807) is 18.2 Å². The minimum atomic E-state index is -1.12. The number of nitrogens with one attached hydrogen (secondary N) is 1. The molecule has 2 aromatic carbocycles. The number of rotatable bonds is 8. The van der Waals surface area contributed by atoms with Crippen molar-refractivity contribution in [2.45, 2.75) is 6.54 Å². The van der Waals surface area contributed by atoms with Gasteiger partial charge in [-0.15, -0.1) is 0 Å². The number of amides is 1. The van der Waals surface area contributed by atoms with Gasteiger partial charge in [-0.05, 0) is 36.4 Å². The Labute approximate surface area is 198 Å². The quantitative estimate of drug-likeness (QED) is 0.275. The third kappa shape index (κ3) is 5.36. The fraction of sp³-hybridized carbons (Fsp3) is 0.0870. The summed E-state index contributed by atoms with van der Waals surface area (Å²) >= 11 is 11.9. The van der Waals surface area contributed by atoms with Gasteiger partial charge in [-0.3, -0.25) is 4.79 Å². The maximum Gasteiger partial charge on any atom is 0.371 e. The van der Waals surface area contributed by atoms with Crippen LogP contribution in [0.3, 0.4) is 0 Å². The Morgan fingerprint density at radius 2 is 1.97 bits per heavy atom. The van der Waals surface area contributed by atoms with Gasteiger partial charge >= 0.3 is 5.97 Å². The van der Waals surface area contributed by atoms with Crippen LogP contribution in [0.5, 0.6) is 5.75 Å². The number of hydrogen-bond acceptors (Lipinski definition) is 5. The van der Waals surface area contributed by atoms with E-state index in [0.717, 1.165) is 16.5 Å². The molecule has 1 amide bonds. The largest absolute Gasteiger partial charge is 0.482 e. The zero-order valence-electron chi connectivity index (χ0n) is 17.0. The molecule has 0 unspecified atom stereocenters. The van der Waals surface area contributed by atoms with E-state index in [1.165, 1.54) is 18.3 Å². The Morgan fingerprint density at radius 3 is 2.73 bits per heavy atom. The molecule has 2 N–H and O–H groups in total. The van der Waals surface area contributed by atoms with Crippen LogP contribution in [0, 0.1) is 0 Å². The first-order chi connectivity index (χ1) is 15.9. The van der Waals surface area contributed by atoms with Crippen LogP contribution in [0.2, 0.25) is 10.0 Å². The minimum absolute atomic E-state index is 0.118. The number of aromatic carboxylic acids is 1. The zero-order valence-corrected chi connectivity index (χ0v) is 18.5. The lowest BCUT2D eigenvalue weighted by Crippen LogP contribution is -2.24. The van der Waals surface area contributed by atoms with Gasteiger partial charge < -0.3 is 18.8 Å². The Hall–Kier alpha value is -3.75. The molecule has 0 aliphatic rings. The third-order valence-corrected chi connectivity index (χ3v) is 5.19. The normalized spacial score (nSPS) is 11.2. The van der Waals surface area contributed by atoms with Crippen LogP contribution in [-0.4, -0.2) is 34.4 Å². The second-order valence-corrected chi connectivity index (χ2v) is 7.80. The molecule has 0 radical (unpaired) electrons. The molecule has 10 heteroatoms. The Morgan fingerprint density at radius 1 is 1.15 bits per heavy atom. The third-order valence-electron chi connectivity index (χ3n) is 4.66. The van der Waals surface area contributed by atoms with Crippen molar-refractivity contribution in [1.29, 1.82) is 0 Å². The van der Waals surface area contributed by atoms with Crippen LogP contribution in [-0.2, 0) is 11.3 Å². The maximum absolute atomic E-state index is 12.1. The Bertz CT molecular complexity index is 1360. The van der Waals surface area contributed by atoms with Gasteiger partial charge in [-0.1, -0.05) is 41.4 Å². The topological polar surface area (TPSA) is 106 Å². The molecular formula is C23H17Cl2N3O5. The lowest BCUT2D eigenvalue weighted by molar-refractivity contribution is -0.123. The maximum atomic E-state index is 12.1. The molecule has 0 aliphatic heterocycles. The van der Waals surface area contributed by atoms with Gasteiger partial charge in [0.15, 0.2) is 6.61 Å². The van der Waals surface area contributed by atoms with E-state index < -0.39 is 11.9 Å².